The van der Waals surface area contributed by atoms with E-state index in [0.717, 1.165) is 41.8 Å². The van der Waals surface area contributed by atoms with Crippen molar-refractivity contribution in [2.24, 2.45) is 5.41 Å². The SMILES string of the molecule is COc1ccc(Cn2ncc3c2CC2(CC2)C(Br)C3=O)cc1. The number of fused-ring (bicyclic) bond motifs is 1. The lowest BCUT2D eigenvalue weighted by Crippen LogP contribution is -2.34. The lowest BCUT2D eigenvalue weighted by atomic mass is 9.84. The quantitative estimate of drug-likeness (QED) is 0.789. The third-order valence-corrected chi connectivity index (χ3v) is 6.27. The number of rotatable bonds is 3. The number of methoxy groups -OCH3 is 1. The molecule has 1 aromatic carbocycles. The molecule has 0 saturated heterocycles. The molecule has 1 fully saturated rings. The van der Waals surface area contributed by atoms with Crippen LogP contribution in [0.25, 0.3) is 0 Å². The highest BCUT2D eigenvalue weighted by atomic mass is 79.9. The average molecular weight is 361 g/mol. The summed E-state index contributed by atoms with van der Waals surface area (Å²) in [5, 5.41) is 4.46. The topological polar surface area (TPSA) is 44.1 Å². The van der Waals surface area contributed by atoms with Crippen LogP contribution in [0.4, 0.5) is 0 Å². The Morgan fingerprint density at radius 1 is 1.36 bits per heavy atom. The summed E-state index contributed by atoms with van der Waals surface area (Å²) in [4.78, 5) is 12.5. The molecule has 1 aromatic heterocycles. The van der Waals surface area contributed by atoms with Gasteiger partial charge in [-0.25, -0.2) is 0 Å². The molecule has 1 unspecified atom stereocenters. The van der Waals surface area contributed by atoms with Crippen molar-refractivity contribution in [1.29, 1.82) is 0 Å². The normalized spacial score (nSPS) is 21.7. The largest absolute Gasteiger partial charge is 0.497 e. The van der Waals surface area contributed by atoms with Crippen molar-refractivity contribution in [1.82, 2.24) is 9.78 Å². The fourth-order valence-corrected chi connectivity index (χ4v) is 4.14. The van der Waals surface area contributed by atoms with Gasteiger partial charge in [-0.1, -0.05) is 28.1 Å². The molecular weight excluding hydrogens is 344 g/mol. The fraction of sp³-hybridized carbons (Fsp3) is 0.412. The molecule has 1 atom stereocenters. The monoisotopic (exact) mass is 360 g/mol. The van der Waals surface area contributed by atoms with Gasteiger partial charge in [-0.15, -0.1) is 0 Å². The molecule has 0 aliphatic heterocycles. The van der Waals surface area contributed by atoms with Crippen LogP contribution in [-0.4, -0.2) is 27.5 Å². The van der Waals surface area contributed by atoms with Crippen LogP contribution >= 0.6 is 15.9 Å². The highest BCUT2D eigenvalue weighted by Crippen LogP contribution is 2.57. The number of ketones is 1. The summed E-state index contributed by atoms with van der Waals surface area (Å²) >= 11 is 3.60. The van der Waals surface area contributed by atoms with Crippen molar-refractivity contribution >= 4 is 21.7 Å². The molecule has 2 aromatic rings. The molecule has 0 radical (unpaired) electrons. The van der Waals surface area contributed by atoms with E-state index in [0.29, 0.717) is 6.54 Å². The third kappa shape index (κ3) is 2.10. The molecular formula is C17H17BrN2O2. The highest BCUT2D eigenvalue weighted by molar-refractivity contribution is 9.10. The van der Waals surface area contributed by atoms with Gasteiger partial charge in [-0.3, -0.25) is 9.48 Å². The minimum absolute atomic E-state index is 0.0360. The van der Waals surface area contributed by atoms with Gasteiger partial charge in [0.2, 0.25) is 0 Å². The van der Waals surface area contributed by atoms with Crippen molar-refractivity contribution in [2.45, 2.75) is 30.6 Å². The molecule has 1 heterocycles. The minimum Gasteiger partial charge on any atom is -0.497 e. The van der Waals surface area contributed by atoms with Gasteiger partial charge in [0.1, 0.15) is 5.75 Å². The van der Waals surface area contributed by atoms with E-state index < -0.39 is 0 Å². The van der Waals surface area contributed by atoms with Gasteiger partial charge in [0, 0.05) is 0 Å². The number of alkyl halides is 1. The lowest BCUT2D eigenvalue weighted by molar-refractivity contribution is 0.0953. The zero-order valence-electron chi connectivity index (χ0n) is 12.4. The van der Waals surface area contributed by atoms with Crippen molar-refractivity contribution in [3.05, 3.63) is 47.3 Å². The first-order valence-electron chi connectivity index (χ1n) is 7.49. The van der Waals surface area contributed by atoms with Crippen LogP contribution in [0, 0.1) is 5.41 Å². The van der Waals surface area contributed by atoms with Crippen molar-refractivity contribution in [2.75, 3.05) is 7.11 Å². The molecule has 2 aliphatic carbocycles. The fourth-order valence-electron chi connectivity index (χ4n) is 3.27. The van der Waals surface area contributed by atoms with Crippen LogP contribution in [0.5, 0.6) is 5.75 Å². The molecule has 1 spiro atoms. The van der Waals surface area contributed by atoms with E-state index in [9.17, 15) is 4.79 Å². The van der Waals surface area contributed by atoms with Gasteiger partial charge in [-0.05, 0) is 42.4 Å². The van der Waals surface area contributed by atoms with Gasteiger partial charge >= 0.3 is 0 Å². The standard InChI is InChI=1S/C17H17BrN2O2/c1-22-12-4-2-11(3-5-12)10-20-14-8-17(6-7-17)16(18)15(21)13(14)9-19-20/h2-5,9,16H,6-8,10H2,1H3. The maximum absolute atomic E-state index is 12.5. The Labute approximate surface area is 137 Å². The highest BCUT2D eigenvalue weighted by Gasteiger charge is 2.55. The van der Waals surface area contributed by atoms with Crippen LogP contribution in [0.1, 0.15) is 34.5 Å². The molecule has 0 N–H and O–H groups in total. The van der Waals surface area contributed by atoms with Gasteiger partial charge in [0.25, 0.3) is 0 Å². The van der Waals surface area contributed by atoms with E-state index in [-0.39, 0.29) is 16.0 Å². The van der Waals surface area contributed by atoms with E-state index in [4.69, 9.17) is 4.74 Å². The average Bonchev–Trinajstić information content (AvgIpc) is 3.21. The smallest absolute Gasteiger partial charge is 0.180 e. The third-order valence-electron chi connectivity index (χ3n) is 4.89. The summed E-state index contributed by atoms with van der Waals surface area (Å²) in [7, 11) is 1.66. The Morgan fingerprint density at radius 2 is 2.09 bits per heavy atom. The van der Waals surface area contributed by atoms with E-state index in [1.54, 1.807) is 13.3 Å². The second-order valence-electron chi connectivity index (χ2n) is 6.28. The number of benzene rings is 1. The molecule has 1 saturated carbocycles. The van der Waals surface area contributed by atoms with Gasteiger partial charge in [0.15, 0.2) is 5.78 Å². The first kappa shape index (κ1) is 14.0. The van der Waals surface area contributed by atoms with Crippen LogP contribution in [0.3, 0.4) is 0 Å². The number of carbonyl (C=O) groups is 1. The van der Waals surface area contributed by atoms with Crippen LogP contribution in [0.15, 0.2) is 30.5 Å². The van der Waals surface area contributed by atoms with Crippen LogP contribution in [0.2, 0.25) is 0 Å². The summed E-state index contributed by atoms with van der Waals surface area (Å²) in [6.45, 7) is 0.690. The van der Waals surface area contributed by atoms with Crippen molar-refractivity contribution in [3.8, 4) is 5.75 Å². The Hall–Kier alpha value is -1.62. The first-order valence-corrected chi connectivity index (χ1v) is 8.40. The number of hydrogen-bond donors (Lipinski definition) is 0. The van der Waals surface area contributed by atoms with Crippen molar-refractivity contribution < 1.29 is 9.53 Å². The van der Waals surface area contributed by atoms with Crippen LogP contribution in [-0.2, 0) is 13.0 Å². The summed E-state index contributed by atoms with van der Waals surface area (Å²) in [5.74, 6) is 1.04. The number of nitrogens with zero attached hydrogens (tertiary/aromatic N) is 2. The molecule has 4 rings (SSSR count). The molecule has 4 nitrogen and oxygen atoms in total. The summed E-state index contributed by atoms with van der Waals surface area (Å²) in [6, 6.07) is 7.98. The molecule has 5 heteroatoms. The Kier molecular flexibility index (Phi) is 3.15. The van der Waals surface area contributed by atoms with E-state index in [2.05, 4.69) is 21.0 Å². The summed E-state index contributed by atoms with van der Waals surface area (Å²) < 4.78 is 7.16. The van der Waals surface area contributed by atoms with Gasteiger partial charge in [-0.2, -0.15) is 5.10 Å². The van der Waals surface area contributed by atoms with E-state index in [1.165, 1.54) is 0 Å². The summed E-state index contributed by atoms with van der Waals surface area (Å²) in [5.41, 5.74) is 3.17. The number of aromatic nitrogens is 2. The minimum atomic E-state index is -0.0360. The Morgan fingerprint density at radius 3 is 2.73 bits per heavy atom. The number of halogens is 1. The van der Waals surface area contributed by atoms with Gasteiger partial charge in [0.05, 0.1) is 35.9 Å². The number of hydrogen-bond acceptors (Lipinski definition) is 3. The molecule has 0 amide bonds. The number of Topliss-reactive ketones (excluding diaryl/α,β-unsaturated/α-hetero) is 1. The van der Waals surface area contributed by atoms with Crippen LogP contribution < -0.4 is 4.74 Å². The number of ether oxygens (including phenoxy) is 1. The number of carbonyl (C=O) groups excluding carboxylic acids is 1. The Balaban J connectivity index is 1.64. The summed E-state index contributed by atoms with van der Waals surface area (Å²) in [6.07, 6.45) is 4.93. The molecule has 2 aliphatic rings. The van der Waals surface area contributed by atoms with Crippen molar-refractivity contribution in [3.63, 3.8) is 0 Å². The molecule has 0 bridgehead atoms. The van der Waals surface area contributed by atoms with E-state index >= 15 is 0 Å². The first-order chi connectivity index (χ1) is 10.6. The predicted octanol–water partition coefficient (Wildman–Crippen LogP) is 3.22. The molecule has 114 valence electrons. The van der Waals surface area contributed by atoms with Gasteiger partial charge < -0.3 is 4.74 Å². The van der Waals surface area contributed by atoms with E-state index in [1.807, 2.05) is 28.9 Å². The predicted molar refractivity (Wildman–Crippen MR) is 86.7 cm³/mol. The maximum Gasteiger partial charge on any atom is 0.180 e. The Bertz CT molecular complexity index is 732. The molecule has 22 heavy (non-hydrogen) atoms. The zero-order valence-corrected chi connectivity index (χ0v) is 14.0. The lowest BCUT2D eigenvalue weighted by Gasteiger charge is -2.26. The second kappa shape index (κ2) is 4.95. The second-order valence-corrected chi connectivity index (χ2v) is 7.19. The maximum atomic E-state index is 12.5. The zero-order chi connectivity index (χ0) is 15.3.